The largest absolute Gasteiger partial charge is 0.330 e. The quantitative estimate of drug-likeness (QED) is 0.838. The first-order valence-electron chi connectivity index (χ1n) is 6.31. The maximum absolute atomic E-state index is 5.89. The SMILES string of the molecule is NCCC1CCCN(Cc2ccnc(Cl)c2)C1. The molecule has 0 amide bonds. The molecular formula is C13H20ClN3. The van der Waals surface area contributed by atoms with E-state index in [2.05, 4.69) is 9.88 Å². The number of likely N-dealkylation sites (tertiary alicyclic amines) is 1. The van der Waals surface area contributed by atoms with Crippen LogP contribution in [-0.2, 0) is 6.54 Å². The van der Waals surface area contributed by atoms with E-state index in [0.717, 1.165) is 32.0 Å². The van der Waals surface area contributed by atoms with E-state index in [1.807, 2.05) is 12.1 Å². The van der Waals surface area contributed by atoms with Gasteiger partial charge in [0.2, 0.25) is 0 Å². The highest BCUT2D eigenvalue weighted by Crippen LogP contribution is 2.21. The fourth-order valence-corrected chi connectivity index (χ4v) is 2.76. The summed E-state index contributed by atoms with van der Waals surface area (Å²) in [4.78, 5) is 6.50. The molecule has 1 atom stereocenters. The topological polar surface area (TPSA) is 42.1 Å². The molecule has 1 aliphatic rings. The summed E-state index contributed by atoms with van der Waals surface area (Å²) in [5, 5.41) is 0.581. The Morgan fingerprint density at radius 1 is 1.53 bits per heavy atom. The highest BCUT2D eigenvalue weighted by Gasteiger charge is 2.19. The minimum absolute atomic E-state index is 0.581. The number of rotatable bonds is 4. The van der Waals surface area contributed by atoms with Crippen molar-refractivity contribution in [1.29, 1.82) is 0 Å². The lowest BCUT2D eigenvalue weighted by Crippen LogP contribution is -2.35. The van der Waals surface area contributed by atoms with Gasteiger partial charge in [0.1, 0.15) is 5.15 Å². The van der Waals surface area contributed by atoms with E-state index in [1.54, 1.807) is 6.20 Å². The van der Waals surface area contributed by atoms with Gasteiger partial charge in [-0.05, 0) is 56.0 Å². The lowest BCUT2D eigenvalue weighted by atomic mass is 9.94. The van der Waals surface area contributed by atoms with Crippen molar-refractivity contribution in [2.24, 2.45) is 11.7 Å². The van der Waals surface area contributed by atoms with Crippen LogP contribution in [0.3, 0.4) is 0 Å². The zero-order valence-electron chi connectivity index (χ0n) is 10.1. The minimum atomic E-state index is 0.581. The standard InChI is InChI=1S/C13H20ClN3/c14-13-8-12(4-6-16-13)10-17-7-1-2-11(9-17)3-5-15/h4,6,8,11H,1-3,5,7,9-10,15H2. The zero-order chi connectivity index (χ0) is 12.1. The maximum Gasteiger partial charge on any atom is 0.129 e. The molecule has 17 heavy (non-hydrogen) atoms. The van der Waals surface area contributed by atoms with Gasteiger partial charge in [-0.25, -0.2) is 4.98 Å². The van der Waals surface area contributed by atoms with Crippen molar-refractivity contribution in [3.63, 3.8) is 0 Å². The van der Waals surface area contributed by atoms with Crippen LogP contribution in [0.15, 0.2) is 18.3 Å². The van der Waals surface area contributed by atoms with Gasteiger partial charge >= 0.3 is 0 Å². The Bertz CT molecular complexity index is 354. The van der Waals surface area contributed by atoms with Gasteiger partial charge in [-0.2, -0.15) is 0 Å². The van der Waals surface area contributed by atoms with Crippen LogP contribution >= 0.6 is 11.6 Å². The maximum atomic E-state index is 5.89. The van der Waals surface area contributed by atoms with Crippen molar-refractivity contribution in [3.05, 3.63) is 29.0 Å². The molecule has 1 aromatic rings. The Morgan fingerprint density at radius 3 is 3.18 bits per heavy atom. The van der Waals surface area contributed by atoms with Crippen molar-refractivity contribution in [1.82, 2.24) is 9.88 Å². The van der Waals surface area contributed by atoms with Gasteiger partial charge in [0.05, 0.1) is 0 Å². The fourth-order valence-electron chi connectivity index (χ4n) is 2.57. The smallest absolute Gasteiger partial charge is 0.129 e. The summed E-state index contributed by atoms with van der Waals surface area (Å²) in [5.74, 6) is 0.769. The van der Waals surface area contributed by atoms with Crippen LogP contribution in [0.2, 0.25) is 5.15 Å². The average molecular weight is 254 g/mol. The second-order valence-corrected chi connectivity index (χ2v) is 5.19. The summed E-state index contributed by atoms with van der Waals surface area (Å²) in [7, 11) is 0. The number of hydrogen-bond donors (Lipinski definition) is 1. The minimum Gasteiger partial charge on any atom is -0.330 e. The molecule has 0 aromatic carbocycles. The van der Waals surface area contributed by atoms with Crippen molar-refractivity contribution in [2.75, 3.05) is 19.6 Å². The third kappa shape index (κ3) is 3.95. The number of hydrogen-bond acceptors (Lipinski definition) is 3. The van der Waals surface area contributed by atoms with Crippen LogP contribution in [0, 0.1) is 5.92 Å². The molecule has 1 unspecified atom stereocenters. The molecular weight excluding hydrogens is 234 g/mol. The molecule has 0 spiro atoms. The van der Waals surface area contributed by atoms with Gasteiger partial charge < -0.3 is 5.73 Å². The van der Waals surface area contributed by atoms with Gasteiger partial charge in [-0.15, -0.1) is 0 Å². The van der Waals surface area contributed by atoms with Crippen LogP contribution in [0.4, 0.5) is 0 Å². The summed E-state index contributed by atoms with van der Waals surface area (Å²) in [6.45, 7) is 4.13. The molecule has 1 saturated heterocycles. The van der Waals surface area contributed by atoms with Crippen LogP contribution in [0.25, 0.3) is 0 Å². The zero-order valence-corrected chi connectivity index (χ0v) is 10.9. The lowest BCUT2D eigenvalue weighted by Gasteiger charge is -2.32. The van der Waals surface area contributed by atoms with Gasteiger partial charge in [-0.3, -0.25) is 4.90 Å². The number of piperidine rings is 1. The molecule has 1 aliphatic heterocycles. The summed E-state index contributed by atoms with van der Waals surface area (Å²) in [6.07, 6.45) is 5.53. The Morgan fingerprint density at radius 2 is 2.41 bits per heavy atom. The predicted molar refractivity (Wildman–Crippen MR) is 70.9 cm³/mol. The average Bonchev–Trinajstić information content (AvgIpc) is 2.30. The molecule has 2 heterocycles. The monoisotopic (exact) mass is 253 g/mol. The third-order valence-electron chi connectivity index (χ3n) is 3.38. The van der Waals surface area contributed by atoms with E-state index in [1.165, 1.54) is 24.9 Å². The Hall–Kier alpha value is -0.640. The molecule has 1 aromatic heterocycles. The Balaban J connectivity index is 1.90. The van der Waals surface area contributed by atoms with E-state index in [4.69, 9.17) is 17.3 Å². The summed E-state index contributed by atoms with van der Waals surface area (Å²) >= 11 is 5.89. The molecule has 1 fully saturated rings. The van der Waals surface area contributed by atoms with E-state index in [-0.39, 0.29) is 0 Å². The van der Waals surface area contributed by atoms with E-state index >= 15 is 0 Å². The summed E-state index contributed by atoms with van der Waals surface area (Å²) in [5.41, 5.74) is 6.88. The first-order chi connectivity index (χ1) is 8.28. The molecule has 0 radical (unpaired) electrons. The summed E-state index contributed by atoms with van der Waals surface area (Å²) in [6, 6.07) is 3.99. The number of nitrogens with zero attached hydrogens (tertiary/aromatic N) is 2. The molecule has 2 N–H and O–H groups in total. The number of nitrogens with two attached hydrogens (primary N) is 1. The molecule has 0 saturated carbocycles. The first-order valence-corrected chi connectivity index (χ1v) is 6.68. The molecule has 0 bridgehead atoms. The number of aromatic nitrogens is 1. The molecule has 4 heteroatoms. The van der Waals surface area contributed by atoms with Gasteiger partial charge in [0, 0.05) is 19.3 Å². The van der Waals surface area contributed by atoms with Gasteiger partial charge in [0.15, 0.2) is 0 Å². The van der Waals surface area contributed by atoms with E-state index in [9.17, 15) is 0 Å². The van der Waals surface area contributed by atoms with E-state index < -0.39 is 0 Å². The molecule has 0 aliphatic carbocycles. The van der Waals surface area contributed by atoms with E-state index in [0.29, 0.717) is 5.15 Å². The van der Waals surface area contributed by atoms with Crippen molar-refractivity contribution in [3.8, 4) is 0 Å². The summed E-state index contributed by atoms with van der Waals surface area (Å²) < 4.78 is 0. The predicted octanol–water partition coefficient (Wildman–Crippen LogP) is 2.30. The van der Waals surface area contributed by atoms with Crippen LogP contribution in [-0.4, -0.2) is 29.5 Å². The lowest BCUT2D eigenvalue weighted by molar-refractivity contribution is 0.163. The van der Waals surface area contributed by atoms with Gasteiger partial charge in [-0.1, -0.05) is 11.6 Å². The second-order valence-electron chi connectivity index (χ2n) is 4.81. The Labute approximate surface area is 108 Å². The van der Waals surface area contributed by atoms with Crippen LogP contribution < -0.4 is 5.73 Å². The molecule has 94 valence electrons. The molecule has 3 nitrogen and oxygen atoms in total. The second kappa shape index (κ2) is 6.34. The normalized spacial score (nSPS) is 21.6. The number of halogens is 1. The van der Waals surface area contributed by atoms with Crippen molar-refractivity contribution < 1.29 is 0 Å². The highest BCUT2D eigenvalue weighted by molar-refractivity contribution is 6.29. The van der Waals surface area contributed by atoms with Crippen LogP contribution in [0.5, 0.6) is 0 Å². The van der Waals surface area contributed by atoms with Crippen LogP contribution in [0.1, 0.15) is 24.8 Å². The van der Waals surface area contributed by atoms with Crippen molar-refractivity contribution in [2.45, 2.75) is 25.8 Å². The third-order valence-corrected chi connectivity index (χ3v) is 3.58. The Kier molecular flexibility index (Phi) is 4.77. The highest BCUT2D eigenvalue weighted by atomic mass is 35.5. The first kappa shape index (κ1) is 12.8. The molecule has 2 rings (SSSR count). The van der Waals surface area contributed by atoms with Gasteiger partial charge in [0.25, 0.3) is 0 Å². The fraction of sp³-hybridized carbons (Fsp3) is 0.615. The van der Waals surface area contributed by atoms with Crippen molar-refractivity contribution >= 4 is 11.6 Å². The number of pyridine rings is 1.